The lowest BCUT2D eigenvalue weighted by Gasteiger charge is -2.25. The zero-order valence-corrected chi connectivity index (χ0v) is 24.0. The van der Waals surface area contributed by atoms with Crippen molar-refractivity contribution in [3.8, 4) is 28.2 Å². The van der Waals surface area contributed by atoms with Gasteiger partial charge in [-0.3, -0.25) is 14.1 Å². The quantitative estimate of drug-likeness (QED) is 0.245. The van der Waals surface area contributed by atoms with Gasteiger partial charge in [0.05, 0.1) is 12.2 Å². The lowest BCUT2D eigenvalue weighted by atomic mass is 9.84. The molecule has 8 nitrogen and oxygen atoms in total. The average molecular weight is 536 g/mol. The Bertz CT molecular complexity index is 1640. The van der Waals surface area contributed by atoms with Gasteiger partial charge in [-0.25, -0.2) is 4.79 Å². The number of aromatic amines is 1. The number of hydrogen-bond acceptors (Lipinski definition) is 5. The van der Waals surface area contributed by atoms with E-state index in [4.69, 9.17) is 0 Å². The second-order valence-corrected chi connectivity index (χ2v) is 11.2. The predicted molar refractivity (Wildman–Crippen MR) is 159 cm³/mol. The predicted octanol–water partition coefficient (Wildman–Crippen LogP) is 6.13. The smallest absolute Gasteiger partial charge is 0.292 e. The van der Waals surface area contributed by atoms with E-state index in [1.54, 1.807) is 6.20 Å². The normalized spacial score (nSPS) is 11.7. The molecule has 0 unspecified atom stereocenters. The van der Waals surface area contributed by atoms with E-state index in [2.05, 4.69) is 109 Å². The monoisotopic (exact) mass is 535 g/mol. The fraction of sp³-hybridized carbons (Fsp3) is 0.344. The Morgan fingerprint density at radius 2 is 1.77 bits per heavy atom. The maximum Gasteiger partial charge on any atom is 0.333 e. The van der Waals surface area contributed by atoms with Crippen molar-refractivity contribution in [2.45, 2.75) is 72.3 Å². The molecule has 0 amide bonds. The minimum atomic E-state index is -0.0892. The highest BCUT2D eigenvalue weighted by Crippen LogP contribution is 2.32. The number of imidazole rings is 1. The molecule has 5 aromatic rings. The number of para-hydroxylation sites is 1. The summed E-state index contributed by atoms with van der Waals surface area (Å²) >= 11 is 0. The molecule has 0 atom stereocenters. The zero-order valence-electron chi connectivity index (χ0n) is 24.0. The topological polar surface area (TPSA) is 94.3 Å². The molecule has 3 aromatic heterocycles. The summed E-state index contributed by atoms with van der Waals surface area (Å²) in [4.78, 5) is 18.4. The minimum Gasteiger partial charge on any atom is -0.292 e. The van der Waals surface area contributed by atoms with Crippen LogP contribution in [0.1, 0.15) is 69.8 Å². The summed E-state index contributed by atoms with van der Waals surface area (Å²) in [5, 5.41) is 14.5. The lowest BCUT2D eigenvalue weighted by Crippen LogP contribution is -2.27. The van der Waals surface area contributed by atoms with Crippen LogP contribution in [0.25, 0.3) is 28.2 Å². The van der Waals surface area contributed by atoms with E-state index in [1.165, 1.54) is 11.1 Å². The first-order chi connectivity index (χ1) is 19.3. The van der Waals surface area contributed by atoms with Gasteiger partial charge in [0.25, 0.3) is 0 Å². The van der Waals surface area contributed by atoms with Crippen LogP contribution in [0.4, 0.5) is 0 Å². The molecule has 5 rings (SSSR count). The molecule has 8 heteroatoms. The fourth-order valence-corrected chi connectivity index (χ4v) is 5.25. The van der Waals surface area contributed by atoms with Gasteiger partial charge < -0.3 is 0 Å². The van der Waals surface area contributed by atoms with E-state index in [-0.39, 0.29) is 11.1 Å². The van der Waals surface area contributed by atoms with Gasteiger partial charge in [0.15, 0.2) is 0 Å². The summed E-state index contributed by atoms with van der Waals surface area (Å²) in [5.74, 6) is 0.525. The molecular formula is C32H37N7O. The number of tetrazole rings is 1. The van der Waals surface area contributed by atoms with E-state index < -0.39 is 0 Å². The van der Waals surface area contributed by atoms with Crippen LogP contribution >= 0.6 is 0 Å². The maximum absolute atomic E-state index is 14.1. The largest absolute Gasteiger partial charge is 0.333 e. The van der Waals surface area contributed by atoms with Crippen LogP contribution in [0.3, 0.4) is 0 Å². The highest BCUT2D eigenvalue weighted by Gasteiger charge is 2.24. The van der Waals surface area contributed by atoms with E-state index in [1.807, 2.05) is 21.4 Å². The number of unbranched alkanes of at least 4 members (excludes halogenated alkanes) is 1. The van der Waals surface area contributed by atoms with Gasteiger partial charge in [-0.2, -0.15) is 5.21 Å². The third kappa shape index (κ3) is 5.39. The number of aromatic nitrogens is 7. The van der Waals surface area contributed by atoms with Crippen LogP contribution in [0.15, 0.2) is 71.9 Å². The van der Waals surface area contributed by atoms with E-state index in [9.17, 15) is 4.79 Å². The number of aryl methyl sites for hydroxylation is 2. The lowest BCUT2D eigenvalue weighted by molar-refractivity contribution is 0.583. The Labute approximate surface area is 235 Å². The van der Waals surface area contributed by atoms with Crippen LogP contribution in [0, 0.1) is 0 Å². The fourth-order valence-electron chi connectivity index (χ4n) is 5.25. The Morgan fingerprint density at radius 3 is 2.45 bits per heavy atom. The van der Waals surface area contributed by atoms with Crippen LogP contribution in [0.2, 0.25) is 0 Å². The molecule has 1 N–H and O–H groups in total. The molecule has 0 bridgehead atoms. The number of nitrogens with one attached hydrogen (secondary N) is 1. The summed E-state index contributed by atoms with van der Waals surface area (Å²) in [6.07, 6.45) is 9.43. The van der Waals surface area contributed by atoms with Crippen LogP contribution in [-0.4, -0.2) is 34.7 Å². The number of benzene rings is 2. The number of hydrogen-bond donors (Lipinski definition) is 1. The second-order valence-electron chi connectivity index (χ2n) is 11.2. The Kier molecular flexibility index (Phi) is 7.78. The molecule has 0 aliphatic carbocycles. The van der Waals surface area contributed by atoms with Crippen molar-refractivity contribution in [2.24, 2.45) is 0 Å². The van der Waals surface area contributed by atoms with Gasteiger partial charge in [-0.05, 0) is 58.2 Å². The highest BCUT2D eigenvalue weighted by atomic mass is 16.1. The van der Waals surface area contributed by atoms with Crippen molar-refractivity contribution in [2.75, 3.05) is 0 Å². The molecular weight excluding hydrogens is 498 g/mol. The van der Waals surface area contributed by atoms with Gasteiger partial charge in [0.1, 0.15) is 0 Å². The Morgan fingerprint density at radius 1 is 0.975 bits per heavy atom. The zero-order chi connectivity index (χ0) is 28.3. The van der Waals surface area contributed by atoms with Gasteiger partial charge >= 0.3 is 5.69 Å². The van der Waals surface area contributed by atoms with Crippen LogP contribution < -0.4 is 5.69 Å². The van der Waals surface area contributed by atoms with Gasteiger partial charge in [0, 0.05) is 35.4 Å². The maximum atomic E-state index is 14.1. The van der Waals surface area contributed by atoms with Crippen LogP contribution in [0.5, 0.6) is 0 Å². The number of nitrogens with zero attached hydrogens (tertiary/aromatic N) is 6. The third-order valence-corrected chi connectivity index (χ3v) is 7.41. The number of rotatable bonds is 9. The SMILES string of the molecule is CCCCc1cn(-c2c(CC)cccc2C(C)(C)C)c(=O)n1Cc1ccc(-c2cnccc2-c2nn[nH]n2)cc1. The molecule has 2 aromatic carbocycles. The number of H-pyrrole nitrogens is 1. The van der Waals surface area contributed by atoms with Crippen molar-refractivity contribution in [3.63, 3.8) is 0 Å². The molecule has 0 radical (unpaired) electrons. The third-order valence-electron chi connectivity index (χ3n) is 7.41. The van der Waals surface area contributed by atoms with E-state index in [0.29, 0.717) is 12.4 Å². The summed E-state index contributed by atoms with van der Waals surface area (Å²) in [6, 6.07) is 16.6. The molecule has 40 heavy (non-hydrogen) atoms. The van der Waals surface area contributed by atoms with Crippen molar-refractivity contribution in [1.82, 2.24) is 34.7 Å². The standard InChI is InChI=1S/C32H37N7O/c1-6-8-11-25-21-39(29-23(7-2)10-9-12-28(29)32(3,4)5)31(40)38(25)20-22-13-15-24(16-14-22)27-19-33-18-17-26(27)30-34-36-37-35-30/h9-10,12-19,21H,6-8,11,20H2,1-5H3,(H,34,35,36,37). The molecule has 0 aliphatic rings. The molecule has 0 aliphatic heterocycles. The molecule has 0 saturated heterocycles. The van der Waals surface area contributed by atoms with Gasteiger partial charge in [-0.15, -0.1) is 10.2 Å². The Balaban J connectivity index is 1.54. The van der Waals surface area contributed by atoms with E-state index in [0.717, 1.165) is 59.3 Å². The first-order valence-electron chi connectivity index (χ1n) is 14.0. The molecule has 0 saturated carbocycles. The Hall–Kier alpha value is -4.33. The highest BCUT2D eigenvalue weighted by molar-refractivity contribution is 5.79. The average Bonchev–Trinajstić information content (AvgIpc) is 3.60. The first-order valence-corrected chi connectivity index (χ1v) is 14.0. The van der Waals surface area contributed by atoms with Gasteiger partial charge in [-0.1, -0.05) is 83.5 Å². The molecule has 206 valence electrons. The van der Waals surface area contributed by atoms with Crippen molar-refractivity contribution in [1.29, 1.82) is 0 Å². The summed E-state index contributed by atoms with van der Waals surface area (Å²) in [6.45, 7) is 11.5. The summed E-state index contributed by atoms with van der Waals surface area (Å²) in [5.41, 5.74) is 8.23. The number of pyridine rings is 1. The second kappa shape index (κ2) is 11.4. The van der Waals surface area contributed by atoms with Crippen molar-refractivity contribution < 1.29 is 0 Å². The molecule has 3 heterocycles. The molecule has 0 fully saturated rings. The first kappa shape index (κ1) is 27.2. The molecule has 0 spiro atoms. The van der Waals surface area contributed by atoms with Gasteiger partial charge in [0.2, 0.25) is 5.82 Å². The minimum absolute atomic E-state index is 0.00762. The summed E-state index contributed by atoms with van der Waals surface area (Å²) in [7, 11) is 0. The van der Waals surface area contributed by atoms with Crippen LogP contribution in [-0.2, 0) is 24.8 Å². The summed E-state index contributed by atoms with van der Waals surface area (Å²) < 4.78 is 3.84. The van der Waals surface area contributed by atoms with Crippen molar-refractivity contribution in [3.05, 3.63) is 100.0 Å². The van der Waals surface area contributed by atoms with E-state index >= 15 is 0 Å². The van der Waals surface area contributed by atoms with Crippen molar-refractivity contribution >= 4 is 0 Å².